The van der Waals surface area contributed by atoms with Crippen LogP contribution in [0.3, 0.4) is 0 Å². The van der Waals surface area contributed by atoms with Crippen molar-refractivity contribution in [3.8, 4) is 113 Å². The van der Waals surface area contributed by atoms with Crippen LogP contribution in [0.25, 0.3) is 113 Å². The van der Waals surface area contributed by atoms with Gasteiger partial charge in [0.25, 0.3) is 0 Å². The summed E-state index contributed by atoms with van der Waals surface area (Å²) in [5.74, 6) is 3.55. The van der Waals surface area contributed by atoms with E-state index in [-0.39, 0.29) is 0 Å². The normalized spacial score (nSPS) is 11.1. The van der Waals surface area contributed by atoms with E-state index in [1.165, 1.54) is 0 Å². The van der Waals surface area contributed by atoms with E-state index in [1.54, 1.807) is 6.20 Å². The smallest absolute Gasteiger partial charge is 0.164 e. The van der Waals surface area contributed by atoms with Crippen molar-refractivity contribution in [1.29, 1.82) is 0 Å². The molecule has 4 heterocycles. The Hall–Kier alpha value is -9.14. The van der Waals surface area contributed by atoms with Crippen LogP contribution in [0.2, 0.25) is 0 Å². The number of aromatic nitrogens is 8. The summed E-state index contributed by atoms with van der Waals surface area (Å²) in [5, 5.41) is 0. The number of aryl methyl sites for hydroxylation is 2. The van der Waals surface area contributed by atoms with Crippen LogP contribution in [0, 0.1) is 13.8 Å². The predicted octanol–water partition coefficient (Wildman–Crippen LogP) is 14.1. The number of hydrogen-bond acceptors (Lipinski definition) is 8. The van der Waals surface area contributed by atoms with Crippen LogP contribution in [-0.2, 0) is 0 Å². The van der Waals surface area contributed by atoms with E-state index in [0.717, 1.165) is 89.4 Å². The Kier molecular flexibility index (Phi) is 11.2. The van der Waals surface area contributed by atoms with Crippen molar-refractivity contribution in [2.24, 2.45) is 0 Å². The van der Waals surface area contributed by atoms with Gasteiger partial charge in [0.15, 0.2) is 34.9 Å². The van der Waals surface area contributed by atoms with Crippen LogP contribution < -0.4 is 0 Å². The second-order valence-electron chi connectivity index (χ2n) is 16.5. The molecule has 11 aromatic rings. The lowest BCUT2D eigenvalue weighted by atomic mass is 9.90. The third-order valence-electron chi connectivity index (χ3n) is 11.8. The van der Waals surface area contributed by atoms with Gasteiger partial charge in [-0.15, -0.1) is 0 Å². The fourth-order valence-electron chi connectivity index (χ4n) is 8.57. The number of pyridine rings is 2. The number of hydrogen-bond donors (Lipinski definition) is 0. The summed E-state index contributed by atoms with van der Waals surface area (Å²) >= 11 is 0. The summed E-state index contributed by atoms with van der Waals surface area (Å²) in [6.07, 6.45) is 1.80. The molecule has 0 saturated heterocycles. The first kappa shape index (κ1) is 41.6. The van der Waals surface area contributed by atoms with Crippen LogP contribution in [0.4, 0.5) is 0 Å². The molecule has 4 aromatic heterocycles. The van der Waals surface area contributed by atoms with Crippen LogP contribution in [0.1, 0.15) is 11.4 Å². The molecule has 7 aromatic carbocycles. The molecule has 0 radical (unpaired) electrons. The van der Waals surface area contributed by atoms with E-state index >= 15 is 0 Å². The van der Waals surface area contributed by atoms with Gasteiger partial charge in [0, 0.05) is 56.5 Å². The lowest BCUT2D eigenvalue weighted by Crippen LogP contribution is -2.01. The lowest BCUT2D eigenvalue weighted by Gasteiger charge is -2.16. The highest BCUT2D eigenvalue weighted by atomic mass is 15.0. The predicted molar refractivity (Wildman–Crippen MR) is 273 cm³/mol. The average Bonchev–Trinajstić information content (AvgIpc) is 3.41. The van der Waals surface area contributed by atoms with E-state index < -0.39 is 0 Å². The molecule has 0 aliphatic rings. The van der Waals surface area contributed by atoms with Crippen molar-refractivity contribution in [3.63, 3.8) is 0 Å². The number of rotatable bonds is 10. The van der Waals surface area contributed by atoms with E-state index in [9.17, 15) is 0 Å². The Morgan fingerprint density at radius 1 is 0.235 bits per heavy atom. The first-order chi connectivity index (χ1) is 33.5. The number of nitrogens with zero attached hydrogens (tertiary/aromatic N) is 8. The van der Waals surface area contributed by atoms with E-state index in [2.05, 4.69) is 89.9 Å². The fourth-order valence-corrected chi connectivity index (χ4v) is 8.57. The Balaban J connectivity index is 1.04. The zero-order valence-corrected chi connectivity index (χ0v) is 37.4. The molecule has 0 amide bonds. The van der Waals surface area contributed by atoms with Crippen molar-refractivity contribution in [2.45, 2.75) is 13.8 Å². The molecule has 68 heavy (non-hydrogen) atoms. The van der Waals surface area contributed by atoms with Crippen LogP contribution >= 0.6 is 0 Å². The Labute approximate surface area is 394 Å². The SMILES string of the molecule is Cc1cc(-c2ccc(-c3cccc(-c4nc(-c5ccccc5)nc(-c5ccccc5-c5ccccn5)n4)c3)cc2-c2cccc(-c3nc(-c4ccccc4)nc(-c4ccccc4)n3)c2)cc(C)n1. The molecule has 0 bridgehead atoms. The van der Waals surface area contributed by atoms with E-state index in [1.807, 2.05) is 141 Å². The average molecular weight is 875 g/mol. The maximum absolute atomic E-state index is 5.17. The molecule has 0 spiro atoms. The standard InChI is InChI=1S/C60H42N8/c1-39-34-49(35-40(2)62-39)50-32-31-45(38-53(50)46-25-17-27-48(37-46)58-64-55(41-18-6-3-7-19-41)63-56(65-58)42-20-8-4-9-21-42)44-24-16-26-47(36-44)59-66-57(43-22-10-5-11-23-43)67-60(68-59)52-29-13-12-28-51(52)54-30-14-15-33-61-54/h3-38H,1-2H3. The summed E-state index contributed by atoms with van der Waals surface area (Å²) < 4.78 is 0. The van der Waals surface area contributed by atoms with Crippen molar-refractivity contribution >= 4 is 0 Å². The molecular weight excluding hydrogens is 833 g/mol. The highest BCUT2D eigenvalue weighted by Gasteiger charge is 2.19. The van der Waals surface area contributed by atoms with Gasteiger partial charge in [-0.2, -0.15) is 0 Å². The first-order valence-electron chi connectivity index (χ1n) is 22.5. The van der Waals surface area contributed by atoms with Crippen LogP contribution in [-0.4, -0.2) is 39.9 Å². The molecule has 8 nitrogen and oxygen atoms in total. The fraction of sp³-hybridized carbons (Fsp3) is 0.0333. The summed E-state index contributed by atoms with van der Waals surface area (Å²) in [4.78, 5) is 39.8. The monoisotopic (exact) mass is 874 g/mol. The van der Waals surface area contributed by atoms with Crippen molar-refractivity contribution in [3.05, 3.63) is 230 Å². The van der Waals surface area contributed by atoms with Gasteiger partial charge >= 0.3 is 0 Å². The van der Waals surface area contributed by atoms with Gasteiger partial charge in [0.2, 0.25) is 0 Å². The molecule has 0 atom stereocenters. The molecule has 0 fully saturated rings. The summed E-state index contributed by atoms with van der Waals surface area (Å²) in [6, 6.07) is 72.1. The minimum absolute atomic E-state index is 0.569. The van der Waals surface area contributed by atoms with Crippen molar-refractivity contribution < 1.29 is 0 Å². The van der Waals surface area contributed by atoms with E-state index in [4.69, 9.17) is 34.9 Å². The van der Waals surface area contributed by atoms with Gasteiger partial charge in [-0.1, -0.05) is 170 Å². The van der Waals surface area contributed by atoms with Crippen molar-refractivity contribution in [2.75, 3.05) is 0 Å². The molecule has 0 N–H and O–H groups in total. The summed E-state index contributed by atoms with van der Waals surface area (Å²) in [7, 11) is 0. The minimum Gasteiger partial charge on any atom is -0.258 e. The van der Waals surface area contributed by atoms with Gasteiger partial charge < -0.3 is 0 Å². The van der Waals surface area contributed by atoms with Crippen LogP contribution in [0.15, 0.2) is 219 Å². The minimum atomic E-state index is 0.569. The van der Waals surface area contributed by atoms with Gasteiger partial charge in [0.1, 0.15) is 0 Å². The summed E-state index contributed by atoms with van der Waals surface area (Å²) in [5.41, 5.74) is 15.4. The highest BCUT2D eigenvalue weighted by Crippen LogP contribution is 2.39. The van der Waals surface area contributed by atoms with Gasteiger partial charge in [-0.05, 0) is 89.7 Å². The molecule has 0 saturated carbocycles. The molecule has 0 aliphatic heterocycles. The van der Waals surface area contributed by atoms with Crippen LogP contribution in [0.5, 0.6) is 0 Å². The topological polar surface area (TPSA) is 103 Å². The van der Waals surface area contributed by atoms with Gasteiger partial charge in [-0.3, -0.25) is 9.97 Å². The third-order valence-corrected chi connectivity index (χ3v) is 11.8. The van der Waals surface area contributed by atoms with Gasteiger partial charge in [-0.25, -0.2) is 29.9 Å². The van der Waals surface area contributed by atoms with E-state index in [0.29, 0.717) is 34.9 Å². The third kappa shape index (κ3) is 8.69. The first-order valence-corrected chi connectivity index (χ1v) is 22.5. The lowest BCUT2D eigenvalue weighted by molar-refractivity contribution is 1.07. The number of benzene rings is 7. The largest absolute Gasteiger partial charge is 0.258 e. The maximum Gasteiger partial charge on any atom is 0.164 e. The molecule has 0 aliphatic carbocycles. The maximum atomic E-state index is 5.17. The molecular formula is C60H42N8. The zero-order valence-electron chi connectivity index (χ0n) is 37.4. The molecule has 0 unspecified atom stereocenters. The molecule has 322 valence electrons. The second kappa shape index (κ2) is 18.4. The Morgan fingerprint density at radius 2 is 0.662 bits per heavy atom. The second-order valence-corrected chi connectivity index (χ2v) is 16.5. The van der Waals surface area contributed by atoms with Crippen molar-refractivity contribution in [1.82, 2.24) is 39.9 Å². The highest BCUT2D eigenvalue weighted by molar-refractivity contribution is 5.89. The molecule has 11 rings (SSSR count). The zero-order chi connectivity index (χ0) is 45.8. The Morgan fingerprint density at radius 3 is 1.21 bits per heavy atom. The summed E-state index contributed by atoms with van der Waals surface area (Å²) in [6.45, 7) is 4.08. The quantitative estimate of drug-likeness (QED) is 0.134. The Bertz CT molecular complexity index is 3500. The van der Waals surface area contributed by atoms with Gasteiger partial charge in [0.05, 0.1) is 5.69 Å². The molecule has 8 heteroatoms.